The van der Waals surface area contributed by atoms with Crippen molar-refractivity contribution in [3.8, 4) is 0 Å². The quantitative estimate of drug-likeness (QED) is 0.743. The van der Waals surface area contributed by atoms with Gasteiger partial charge < -0.3 is 5.32 Å². The maximum atomic E-state index is 13.1. The lowest BCUT2D eigenvalue weighted by atomic mass is 10.0. The average molecular weight is 344 g/mol. The molecule has 26 heavy (non-hydrogen) atoms. The fraction of sp³-hybridized carbons (Fsp3) is 0.0952. The monoisotopic (exact) mass is 344 g/mol. The summed E-state index contributed by atoms with van der Waals surface area (Å²) in [6, 6.07) is 23.5. The van der Waals surface area contributed by atoms with E-state index in [1.165, 1.54) is 0 Å². The summed E-state index contributed by atoms with van der Waals surface area (Å²) in [4.78, 5) is 27.6. The molecule has 0 radical (unpaired) electrons. The van der Waals surface area contributed by atoms with E-state index in [4.69, 9.17) is 0 Å². The minimum atomic E-state index is -0.736. The molecule has 1 N–H and O–H groups in total. The van der Waals surface area contributed by atoms with E-state index in [9.17, 15) is 9.59 Å². The highest BCUT2D eigenvalue weighted by molar-refractivity contribution is 6.05. The number of nitrogens with zero attached hydrogens (tertiary/aromatic N) is 2. The van der Waals surface area contributed by atoms with Crippen molar-refractivity contribution < 1.29 is 14.2 Å². The van der Waals surface area contributed by atoms with Gasteiger partial charge in [0.05, 0.1) is 0 Å². The first-order chi connectivity index (χ1) is 12.7. The number of carbonyl (C=O) groups is 2. The number of anilines is 2. The van der Waals surface area contributed by atoms with Gasteiger partial charge in [0.25, 0.3) is 11.8 Å². The van der Waals surface area contributed by atoms with Crippen LogP contribution in [-0.4, -0.2) is 11.8 Å². The Kier molecular flexibility index (Phi) is 4.19. The Labute approximate surface area is 151 Å². The third kappa shape index (κ3) is 2.95. The van der Waals surface area contributed by atoms with E-state index in [0.29, 0.717) is 11.4 Å². The molecule has 0 aliphatic carbocycles. The molecule has 3 aromatic rings. The first kappa shape index (κ1) is 16.0. The third-order valence-corrected chi connectivity index (χ3v) is 4.41. The average Bonchev–Trinajstić information content (AvgIpc) is 2.68. The second-order valence-corrected chi connectivity index (χ2v) is 6.11. The van der Waals surface area contributed by atoms with Crippen LogP contribution in [-0.2, 0) is 16.1 Å². The van der Waals surface area contributed by atoms with Crippen LogP contribution in [0, 0.1) is 0 Å². The van der Waals surface area contributed by atoms with E-state index in [1.807, 2.05) is 89.6 Å². The zero-order valence-electron chi connectivity index (χ0n) is 14.1. The van der Waals surface area contributed by atoms with Crippen molar-refractivity contribution in [1.29, 1.82) is 0 Å². The largest absolute Gasteiger partial charge is 0.324 e. The molecule has 0 bridgehead atoms. The molecular formula is C21H18N3O2+. The van der Waals surface area contributed by atoms with Crippen molar-refractivity contribution in [1.82, 2.24) is 0 Å². The number of hydrogen-bond acceptors (Lipinski definition) is 2. The molecule has 4 rings (SSSR count). The van der Waals surface area contributed by atoms with Crippen molar-refractivity contribution in [2.24, 2.45) is 0 Å². The molecule has 5 nitrogen and oxygen atoms in total. The van der Waals surface area contributed by atoms with Crippen LogP contribution < -0.4 is 14.8 Å². The van der Waals surface area contributed by atoms with E-state index in [1.54, 1.807) is 4.90 Å². The zero-order chi connectivity index (χ0) is 17.9. The Morgan fingerprint density at radius 2 is 1.58 bits per heavy atom. The Morgan fingerprint density at radius 1 is 0.923 bits per heavy atom. The molecule has 5 heteroatoms. The van der Waals surface area contributed by atoms with Gasteiger partial charge in [-0.1, -0.05) is 42.5 Å². The van der Waals surface area contributed by atoms with E-state index < -0.39 is 6.04 Å². The number of hydrogen-bond donors (Lipinski definition) is 1. The highest BCUT2D eigenvalue weighted by Crippen LogP contribution is 2.29. The van der Waals surface area contributed by atoms with Crippen LogP contribution in [0.3, 0.4) is 0 Å². The summed E-state index contributed by atoms with van der Waals surface area (Å²) in [5.74, 6) is -0.360. The molecule has 1 atom stereocenters. The number of rotatable bonds is 3. The molecule has 0 spiro atoms. The van der Waals surface area contributed by atoms with Crippen molar-refractivity contribution in [2.75, 3.05) is 10.2 Å². The van der Waals surface area contributed by atoms with Gasteiger partial charge in [-0.15, -0.1) is 0 Å². The van der Waals surface area contributed by atoms with Gasteiger partial charge in [-0.3, -0.25) is 14.5 Å². The Balaban J connectivity index is 1.78. The Hall–Kier alpha value is -3.47. The molecule has 0 saturated heterocycles. The van der Waals surface area contributed by atoms with Crippen LogP contribution in [0.2, 0.25) is 0 Å². The first-order valence-electron chi connectivity index (χ1n) is 8.45. The molecular weight excluding hydrogens is 326 g/mol. The number of carbonyl (C=O) groups excluding carboxylic acids is 2. The maximum absolute atomic E-state index is 13.1. The van der Waals surface area contributed by atoms with Gasteiger partial charge in [0, 0.05) is 23.5 Å². The van der Waals surface area contributed by atoms with Crippen LogP contribution in [0.5, 0.6) is 0 Å². The SMILES string of the molecule is O=C(Nc1ccccc1)C1c2cccc[n+]2CC(=O)N1c1ccccc1. The minimum Gasteiger partial charge on any atom is -0.324 e. The fourth-order valence-electron chi connectivity index (χ4n) is 3.25. The van der Waals surface area contributed by atoms with Crippen LogP contribution >= 0.6 is 0 Å². The zero-order valence-corrected chi connectivity index (χ0v) is 14.1. The van der Waals surface area contributed by atoms with Crippen LogP contribution in [0.1, 0.15) is 11.7 Å². The van der Waals surface area contributed by atoms with Crippen molar-refractivity contribution in [3.63, 3.8) is 0 Å². The number of nitrogens with one attached hydrogen (secondary N) is 1. The van der Waals surface area contributed by atoms with Gasteiger partial charge >= 0.3 is 0 Å². The van der Waals surface area contributed by atoms with Gasteiger partial charge in [-0.25, -0.2) is 0 Å². The van der Waals surface area contributed by atoms with Gasteiger partial charge in [0.1, 0.15) is 0 Å². The fourth-order valence-corrected chi connectivity index (χ4v) is 3.25. The number of aromatic nitrogens is 1. The summed E-state index contributed by atoms with van der Waals surface area (Å²) in [7, 11) is 0. The van der Waals surface area contributed by atoms with Crippen LogP contribution in [0.4, 0.5) is 11.4 Å². The number of fused-ring (bicyclic) bond motifs is 1. The topological polar surface area (TPSA) is 53.3 Å². The summed E-state index contributed by atoms with van der Waals surface area (Å²) in [6.45, 7) is 0.209. The molecule has 2 heterocycles. The molecule has 0 saturated carbocycles. The van der Waals surface area contributed by atoms with Gasteiger partial charge in [-0.2, -0.15) is 4.57 Å². The number of amides is 2. The summed E-state index contributed by atoms with van der Waals surface area (Å²) in [6.07, 6.45) is 1.83. The summed E-state index contributed by atoms with van der Waals surface area (Å²) < 4.78 is 1.83. The normalized spacial score (nSPS) is 16.1. The van der Waals surface area contributed by atoms with Crippen molar-refractivity contribution in [3.05, 3.63) is 90.8 Å². The third-order valence-electron chi connectivity index (χ3n) is 4.41. The van der Waals surface area contributed by atoms with Crippen molar-refractivity contribution in [2.45, 2.75) is 12.6 Å². The first-order valence-corrected chi connectivity index (χ1v) is 8.45. The second-order valence-electron chi connectivity index (χ2n) is 6.11. The molecule has 2 amide bonds. The molecule has 0 fully saturated rings. The number of pyridine rings is 1. The maximum Gasteiger partial charge on any atom is 0.294 e. The van der Waals surface area contributed by atoms with E-state index in [-0.39, 0.29) is 18.4 Å². The summed E-state index contributed by atoms with van der Waals surface area (Å²) in [5.41, 5.74) is 2.19. The lowest BCUT2D eigenvalue weighted by Crippen LogP contribution is -2.58. The van der Waals surface area contributed by atoms with Crippen LogP contribution in [0.15, 0.2) is 85.1 Å². The lowest BCUT2D eigenvalue weighted by Gasteiger charge is -2.32. The predicted molar refractivity (Wildman–Crippen MR) is 98.4 cm³/mol. The summed E-state index contributed by atoms with van der Waals surface area (Å²) >= 11 is 0. The highest BCUT2D eigenvalue weighted by atomic mass is 16.2. The van der Waals surface area contributed by atoms with E-state index >= 15 is 0 Å². The van der Waals surface area contributed by atoms with Gasteiger partial charge in [0.15, 0.2) is 6.20 Å². The standard InChI is InChI=1S/C21H17N3O2/c25-19-15-23-14-8-7-13-18(23)20(24(19)17-11-5-2-6-12-17)21(26)22-16-9-3-1-4-10-16/h1-14,20H,15H2/p+1. The minimum absolute atomic E-state index is 0.117. The molecule has 1 aliphatic rings. The van der Waals surface area contributed by atoms with Crippen LogP contribution in [0.25, 0.3) is 0 Å². The second kappa shape index (κ2) is 6.80. The Morgan fingerprint density at radius 3 is 2.31 bits per heavy atom. The number of benzene rings is 2. The lowest BCUT2D eigenvalue weighted by molar-refractivity contribution is -0.695. The van der Waals surface area contributed by atoms with E-state index in [2.05, 4.69) is 5.32 Å². The molecule has 1 unspecified atom stereocenters. The molecule has 2 aromatic carbocycles. The van der Waals surface area contributed by atoms with Gasteiger partial charge in [-0.05, 0) is 24.3 Å². The highest BCUT2D eigenvalue weighted by Gasteiger charge is 2.43. The predicted octanol–water partition coefficient (Wildman–Crippen LogP) is 2.70. The smallest absolute Gasteiger partial charge is 0.294 e. The van der Waals surface area contributed by atoms with E-state index in [0.717, 1.165) is 5.69 Å². The Bertz CT molecular complexity index is 942. The van der Waals surface area contributed by atoms with Crippen molar-refractivity contribution >= 4 is 23.2 Å². The molecule has 1 aromatic heterocycles. The summed E-state index contributed by atoms with van der Waals surface area (Å²) in [5, 5.41) is 2.93. The van der Waals surface area contributed by atoms with Gasteiger partial charge in [0.2, 0.25) is 18.3 Å². The molecule has 1 aliphatic heterocycles. The molecule has 128 valence electrons. The number of para-hydroxylation sites is 2.